The van der Waals surface area contributed by atoms with Gasteiger partial charge in [0, 0.05) is 12.0 Å². The minimum absolute atomic E-state index is 0.0256. The second kappa shape index (κ2) is 6.26. The Morgan fingerprint density at radius 3 is 2.68 bits per heavy atom. The van der Waals surface area contributed by atoms with E-state index in [1.54, 1.807) is 6.20 Å². The molecule has 2 aliphatic rings. The maximum atomic E-state index is 12.9. The van der Waals surface area contributed by atoms with E-state index in [0.717, 1.165) is 35.7 Å². The number of rotatable bonds is 2. The van der Waals surface area contributed by atoms with Crippen molar-refractivity contribution < 1.29 is 14.3 Å². The Kier molecular flexibility index (Phi) is 4.52. The molecule has 0 N–H and O–H groups in total. The van der Waals surface area contributed by atoms with Crippen molar-refractivity contribution in [3.05, 3.63) is 16.1 Å². The highest BCUT2D eigenvalue weighted by molar-refractivity contribution is 7.13. The van der Waals surface area contributed by atoms with Gasteiger partial charge in [0.25, 0.3) is 5.91 Å². The van der Waals surface area contributed by atoms with Crippen LogP contribution < -0.4 is 0 Å². The molecule has 0 radical (unpaired) electrons. The molecular formula is C16H24N2O3S. The van der Waals surface area contributed by atoms with Gasteiger partial charge in [-0.05, 0) is 19.3 Å². The molecule has 3 rings (SSSR count). The first-order valence-corrected chi connectivity index (χ1v) is 8.79. The number of carbonyl (C=O) groups excluding carboxylic acids is 1. The van der Waals surface area contributed by atoms with Crippen molar-refractivity contribution in [1.29, 1.82) is 0 Å². The van der Waals surface area contributed by atoms with E-state index in [9.17, 15) is 4.79 Å². The lowest BCUT2D eigenvalue weighted by molar-refractivity contribution is -0.100. The number of ether oxygens (including phenoxy) is 2. The molecule has 3 heterocycles. The van der Waals surface area contributed by atoms with Gasteiger partial charge in [-0.25, -0.2) is 4.98 Å². The number of carbonyl (C=O) groups is 1. The summed E-state index contributed by atoms with van der Waals surface area (Å²) in [6, 6.07) is 0.0314. The molecule has 2 saturated heterocycles. The first kappa shape index (κ1) is 15.9. The fourth-order valence-corrected chi connectivity index (χ4v) is 3.88. The number of likely N-dealkylation sites (tertiary alicyclic amines) is 1. The van der Waals surface area contributed by atoms with E-state index in [4.69, 9.17) is 9.47 Å². The van der Waals surface area contributed by atoms with Crippen LogP contribution >= 0.6 is 11.3 Å². The molecule has 0 saturated carbocycles. The highest BCUT2D eigenvalue weighted by Crippen LogP contribution is 2.30. The Hall–Kier alpha value is -0.980. The normalized spacial score (nSPS) is 24.0. The molecule has 0 bridgehead atoms. The summed E-state index contributed by atoms with van der Waals surface area (Å²) in [5.74, 6) is 0.0665. The third-order valence-electron chi connectivity index (χ3n) is 4.13. The number of thiazole rings is 1. The van der Waals surface area contributed by atoms with Gasteiger partial charge in [-0.3, -0.25) is 4.79 Å². The van der Waals surface area contributed by atoms with Crippen LogP contribution in [0.4, 0.5) is 0 Å². The molecule has 0 aliphatic carbocycles. The van der Waals surface area contributed by atoms with Gasteiger partial charge in [0.15, 0.2) is 6.29 Å². The van der Waals surface area contributed by atoms with Gasteiger partial charge in [-0.1, -0.05) is 20.8 Å². The number of hydrogen-bond donors (Lipinski definition) is 0. The zero-order chi connectivity index (χ0) is 15.7. The number of piperidine rings is 1. The Balaban J connectivity index is 1.78. The van der Waals surface area contributed by atoms with E-state index in [2.05, 4.69) is 25.8 Å². The van der Waals surface area contributed by atoms with Crippen LogP contribution in [0.1, 0.15) is 54.7 Å². The van der Waals surface area contributed by atoms with Gasteiger partial charge in [-0.2, -0.15) is 0 Å². The van der Waals surface area contributed by atoms with Crippen LogP contribution in [0, 0.1) is 0 Å². The standard InChI is InChI=1S/C16H24N2O3S/c1-16(2,3)15-17-10-12(22-15)13(19)18-7-5-4-6-11(18)14-20-8-9-21-14/h10-11,14H,4-9H2,1-3H3. The molecule has 122 valence electrons. The molecule has 6 heteroatoms. The Labute approximate surface area is 135 Å². The average Bonchev–Trinajstić information content (AvgIpc) is 3.17. The van der Waals surface area contributed by atoms with Gasteiger partial charge < -0.3 is 14.4 Å². The van der Waals surface area contributed by atoms with Crippen molar-refractivity contribution in [3.8, 4) is 0 Å². The van der Waals surface area contributed by atoms with Crippen molar-refractivity contribution in [2.75, 3.05) is 19.8 Å². The highest BCUT2D eigenvalue weighted by atomic mass is 32.1. The quantitative estimate of drug-likeness (QED) is 0.839. The Bertz CT molecular complexity index is 532. The van der Waals surface area contributed by atoms with Gasteiger partial charge in [0.05, 0.1) is 30.5 Å². The second-order valence-electron chi connectivity index (χ2n) is 6.95. The molecule has 2 fully saturated rings. The fourth-order valence-electron chi connectivity index (χ4n) is 2.95. The predicted octanol–water partition coefficient (Wildman–Crippen LogP) is 2.81. The number of aromatic nitrogens is 1. The summed E-state index contributed by atoms with van der Waals surface area (Å²) in [5, 5.41) is 0.998. The smallest absolute Gasteiger partial charge is 0.266 e. The van der Waals surface area contributed by atoms with Crippen molar-refractivity contribution in [2.24, 2.45) is 0 Å². The second-order valence-corrected chi connectivity index (χ2v) is 7.98. The van der Waals surface area contributed by atoms with Crippen molar-refractivity contribution in [3.63, 3.8) is 0 Å². The summed E-state index contributed by atoms with van der Waals surface area (Å²) in [7, 11) is 0. The van der Waals surface area contributed by atoms with Crippen LogP contribution in [0.5, 0.6) is 0 Å². The zero-order valence-corrected chi connectivity index (χ0v) is 14.3. The van der Waals surface area contributed by atoms with Crippen LogP contribution in [0.15, 0.2) is 6.20 Å². The SMILES string of the molecule is CC(C)(C)c1ncc(C(=O)N2CCCCC2C2OCCO2)s1. The van der Waals surface area contributed by atoms with Crippen molar-refractivity contribution in [2.45, 2.75) is 57.8 Å². The predicted molar refractivity (Wildman–Crippen MR) is 85.2 cm³/mol. The summed E-state index contributed by atoms with van der Waals surface area (Å²) < 4.78 is 11.3. The van der Waals surface area contributed by atoms with E-state index in [0.29, 0.717) is 13.2 Å². The van der Waals surface area contributed by atoms with Crippen molar-refractivity contribution >= 4 is 17.2 Å². The summed E-state index contributed by atoms with van der Waals surface area (Å²) in [4.78, 5) is 20.0. The molecule has 1 amide bonds. The molecule has 22 heavy (non-hydrogen) atoms. The molecular weight excluding hydrogens is 300 g/mol. The lowest BCUT2D eigenvalue weighted by atomic mass is 9.98. The minimum atomic E-state index is -0.265. The molecule has 1 atom stereocenters. The molecule has 2 aliphatic heterocycles. The van der Waals surface area contributed by atoms with Crippen LogP contribution in [0.2, 0.25) is 0 Å². The van der Waals surface area contributed by atoms with E-state index in [1.807, 2.05) is 4.90 Å². The van der Waals surface area contributed by atoms with Gasteiger partial charge in [-0.15, -0.1) is 11.3 Å². The van der Waals surface area contributed by atoms with E-state index in [-0.39, 0.29) is 23.7 Å². The topological polar surface area (TPSA) is 51.7 Å². The largest absolute Gasteiger partial charge is 0.348 e. The minimum Gasteiger partial charge on any atom is -0.348 e. The first-order chi connectivity index (χ1) is 10.5. The van der Waals surface area contributed by atoms with Gasteiger partial charge >= 0.3 is 0 Å². The molecule has 1 aromatic rings. The maximum Gasteiger partial charge on any atom is 0.266 e. The Morgan fingerprint density at radius 1 is 1.32 bits per heavy atom. The van der Waals surface area contributed by atoms with Gasteiger partial charge in [0.1, 0.15) is 4.88 Å². The maximum absolute atomic E-state index is 12.9. The number of amides is 1. The lowest BCUT2D eigenvalue weighted by Gasteiger charge is -2.37. The highest BCUT2D eigenvalue weighted by Gasteiger charge is 2.37. The molecule has 0 aromatic carbocycles. The van der Waals surface area contributed by atoms with E-state index < -0.39 is 0 Å². The van der Waals surface area contributed by atoms with Crippen LogP contribution in [0.3, 0.4) is 0 Å². The monoisotopic (exact) mass is 324 g/mol. The summed E-state index contributed by atoms with van der Waals surface area (Å²) in [6.45, 7) is 8.36. The van der Waals surface area contributed by atoms with E-state index >= 15 is 0 Å². The third kappa shape index (κ3) is 3.19. The van der Waals surface area contributed by atoms with E-state index in [1.165, 1.54) is 11.3 Å². The summed E-state index contributed by atoms with van der Waals surface area (Å²) in [6.07, 6.45) is 4.56. The average molecular weight is 324 g/mol. The van der Waals surface area contributed by atoms with Crippen LogP contribution in [-0.4, -0.2) is 47.9 Å². The molecule has 1 unspecified atom stereocenters. The summed E-state index contributed by atoms with van der Waals surface area (Å²) >= 11 is 1.50. The number of nitrogens with zero attached hydrogens (tertiary/aromatic N) is 2. The fraction of sp³-hybridized carbons (Fsp3) is 0.750. The third-order valence-corrected chi connectivity index (χ3v) is 5.54. The van der Waals surface area contributed by atoms with Gasteiger partial charge in [0.2, 0.25) is 0 Å². The van der Waals surface area contributed by atoms with Crippen LogP contribution in [-0.2, 0) is 14.9 Å². The molecule has 5 nitrogen and oxygen atoms in total. The zero-order valence-electron chi connectivity index (χ0n) is 13.5. The molecule has 0 spiro atoms. The van der Waals surface area contributed by atoms with Crippen LogP contribution in [0.25, 0.3) is 0 Å². The van der Waals surface area contributed by atoms with Crippen molar-refractivity contribution in [1.82, 2.24) is 9.88 Å². The number of hydrogen-bond acceptors (Lipinski definition) is 5. The summed E-state index contributed by atoms with van der Waals surface area (Å²) in [5.41, 5.74) is -0.0256. The Morgan fingerprint density at radius 2 is 2.05 bits per heavy atom. The lowest BCUT2D eigenvalue weighted by Crippen LogP contribution is -2.50. The first-order valence-electron chi connectivity index (χ1n) is 7.97. The molecule has 1 aromatic heterocycles.